The highest BCUT2D eigenvalue weighted by Gasteiger charge is 2.29. The largest absolute Gasteiger partial charge is 0.467 e. The van der Waals surface area contributed by atoms with Crippen LogP contribution >= 0.6 is 0 Å². The number of carbonyl (C=O) groups is 3. The van der Waals surface area contributed by atoms with Crippen LogP contribution in [-0.2, 0) is 31.9 Å². The van der Waals surface area contributed by atoms with Gasteiger partial charge in [-0.25, -0.2) is 9.59 Å². The van der Waals surface area contributed by atoms with Crippen LogP contribution < -0.4 is 10.6 Å². The average Bonchev–Trinajstić information content (AvgIpc) is 2.91. The van der Waals surface area contributed by atoms with Crippen LogP contribution in [0.3, 0.4) is 0 Å². The van der Waals surface area contributed by atoms with E-state index in [4.69, 9.17) is 9.47 Å². The third-order valence-corrected chi connectivity index (χ3v) is 5.51. The molecule has 0 heterocycles. The lowest BCUT2D eigenvalue weighted by molar-refractivity contribution is -0.145. The zero-order chi connectivity index (χ0) is 28.3. The molecular weight excluding hydrogens is 496 g/mol. The first-order valence-corrected chi connectivity index (χ1v) is 12.6. The molecule has 3 rings (SSSR count). The summed E-state index contributed by atoms with van der Waals surface area (Å²) in [6, 6.07) is 23.8. The molecule has 0 spiro atoms. The van der Waals surface area contributed by atoms with E-state index in [1.807, 2.05) is 72.8 Å². The Morgan fingerprint density at radius 1 is 0.718 bits per heavy atom. The quantitative estimate of drug-likeness (QED) is 0.267. The SMILES string of the molecule is COC(=O)[C@H](Cc1ccc(N=Nc2ccccc2)cc1)NC(=O)[C@H](Cc1ccccc1)NC(=O)OC(C)(C)C. The minimum absolute atomic E-state index is 0.180. The summed E-state index contributed by atoms with van der Waals surface area (Å²) in [5, 5.41) is 13.8. The summed E-state index contributed by atoms with van der Waals surface area (Å²) in [6.07, 6.45) is -0.339. The summed E-state index contributed by atoms with van der Waals surface area (Å²) in [5.74, 6) is -1.14. The fourth-order valence-electron chi connectivity index (χ4n) is 3.66. The van der Waals surface area contributed by atoms with Crippen molar-refractivity contribution in [2.24, 2.45) is 10.2 Å². The molecule has 0 aliphatic heterocycles. The molecule has 0 radical (unpaired) electrons. The van der Waals surface area contributed by atoms with Crippen molar-refractivity contribution in [3.8, 4) is 0 Å². The van der Waals surface area contributed by atoms with Crippen LogP contribution in [0.25, 0.3) is 0 Å². The maximum atomic E-state index is 13.3. The maximum absolute atomic E-state index is 13.3. The summed E-state index contributed by atoms with van der Waals surface area (Å²) in [4.78, 5) is 38.4. The van der Waals surface area contributed by atoms with Crippen LogP contribution in [0, 0.1) is 0 Å². The molecule has 3 aromatic rings. The zero-order valence-electron chi connectivity index (χ0n) is 22.6. The Hall–Kier alpha value is -4.53. The van der Waals surface area contributed by atoms with Crippen LogP contribution in [0.5, 0.6) is 0 Å². The molecule has 0 aromatic heterocycles. The predicted molar refractivity (Wildman–Crippen MR) is 148 cm³/mol. The highest BCUT2D eigenvalue weighted by molar-refractivity contribution is 5.90. The molecule has 3 aromatic carbocycles. The van der Waals surface area contributed by atoms with Crippen molar-refractivity contribution in [1.82, 2.24) is 10.6 Å². The molecule has 0 bridgehead atoms. The van der Waals surface area contributed by atoms with Crippen LogP contribution in [-0.4, -0.2) is 42.8 Å². The number of nitrogens with one attached hydrogen (secondary N) is 2. The second-order valence-corrected chi connectivity index (χ2v) is 9.88. The van der Waals surface area contributed by atoms with E-state index >= 15 is 0 Å². The Labute approximate surface area is 228 Å². The van der Waals surface area contributed by atoms with E-state index in [9.17, 15) is 14.4 Å². The smallest absolute Gasteiger partial charge is 0.408 e. The standard InChI is InChI=1S/C30H34N4O5/c1-30(2,3)39-29(37)32-25(19-21-11-7-5-8-12-21)27(35)31-26(28(36)38-4)20-22-15-17-24(18-16-22)34-33-23-13-9-6-10-14-23/h5-18,25-26H,19-20H2,1-4H3,(H,31,35)(H,32,37)/t25-,26-/m0/s1. The lowest BCUT2D eigenvalue weighted by atomic mass is 10.0. The van der Waals surface area contributed by atoms with Crippen molar-refractivity contribution in [2.45, 2.75) is 51.3 Å². The summed E-state index contributed by atoms with van der Waals surface area (Å²) in [5.41, 5.74) is 2.26. The highest BCUT2D eigenvalue weighted by atomic mass is 16.6. The number of nitrogens with zero attached hydrogens (tertiary/aromatic N) is 2. The molecule has 2 atom stereocenters. The van der Waals surface area contributed by atoms with Gasteiger partial charge in [-0.1, -0.05) is 60.7 Å². The fourth-order valence-corrected chi connectivity index (χ4v) is 3.66. The molecule has 0 saturated heterocycles. The van der Waals surface area contributed by atoms with Gasteiger partial charge in [0.15, 0.2) is 0 Å². The number of methoxy groups -OCH3 is 1. The first kappa shape index (κ1) is 29.0. The van der Waals surface area contributed by atoms with Gasteiger partial charge in [0.05, 0.1) is 18.5 Å². The second kappa shape index (κ2) is 13.9. The molecule has 0 saturated carbocycles. The molecular formula is C30H34N4O5. The lowest BCUT2D eigenvalue weighted by Crippen LogP contribution is -2.53. The maximum Gasteiger partial charge on any atom is 0.408 e. The van der Waals surface area contributed by atoms with Crippen LogP contribution in [0.2, 0.25) is 0 Å². The Balaban J connectivity index is 1.72. The van der Waals surface area contributed by atoms with Crippen molar-refractivity contribution < 1.29 is 23.9 Å². The molecule has 39 heavy (non-hydrogen) atoms. The molecule has 0 aliphatic carbocycles. The minimum Gasteiger partial charge on any atom is -0.467 e. The summed E-state index contributed by atoms with van der Waals surface area (Å²) >= 11 is 0. The first-order chi connectivity index (χ1) is 18.6. The van der Waals surface area contributed by atoms with Crippen molar-refractivity contribution in [2.75, 3.05) is 7.11 Å². The zero-order valence-corrected chi connectivity index (χ0v) is 22.6. The summed E-state index contributed by atoms with van der Waals surface area (Å²) in [7, 11) is 1.26. The minimum atomic E-state index is -0.977. The molecule has 0 aliphatic rings. The van der Waals surface area contributed by atoms with E-state index in [-0.39, 0.29) is 12.8 Å². The van der Waals surface area contributed by atoms with E-state index in [0.29, 0.717) is 5.69 Å². The van der Waals surface area contributed by atoms with Crippen molar-refractivity contribution in [3.05, 3.63) is 96.1 Å². The third kappa shape index (κ3) is 10.0. The number of esters is 1. The average molecular weight is 531 g/mol. The molecule has 0 fully saturated rings. The van der Waals surface area contributed by atoms with Gasteiger partial charge in [-0.15, -0.1) is 0 Å². The van der Waals surface area contributed by atoms with Crippen LogP contribution in [0.1, 0.15) is 31.9 Å². The van der Waals surface area contributed by atoms with E-state index in [1.165, 1.54) is 7.11 Å². The van der Waals surface area contributed by atoms with Gasteiger partial charge in [0.2, 0.25) is 5.91 Å². The third-order valence-electron chi connectivity index (χ3n) is 5.51. The fraction of sp³-hybridized carbons (Fsp3) is 0.300. The Morgan fingerprint density at radius 2 is 1.23 bits per heavy atom. The second-order valence-electron chi connectivity index (χ2n) is 9.88. The van der Waals surface area contributed by atoms with Gasteiger partial charge in [-0.05, 0) is 56.2 Å². The summed E-state index contributed by atoms with van der Waals surface area (Å²) in [6.45, 7) is 5.21. The van der Waals surface area contributed by atoms with E-state index in [2.05, 4.69) is 20.9 Å². The highest BCUT2D eigenvalue weighted by Crippen LogP contribution is 2.19. The number of carbonyl (C=O) groups excluding carboxylic acids is 3. The van der Waals surface area contributed by atoms with Crippen molar-refractivity contribution >= 4 is 29.3 Å². The van der Waals surface area contributed by atoms with E-state index < -0.39 is 35.7 Å². The first-order valence-electron chi connectivity index (χ1n) is 12.6. The topological polar surface area (TPSA) is 118 Å². The van der Waals surface area contributed by atoms with Crippen LogP contribution in [0.4, 0.5) is 16.2 Å². The molecule has 9 heteroatoms. The lowest BCUT2D eigenvalue weighted by Gasteiger charge is -2.25. The molecule has 0 unspecified atom stereocenters. The molecule has 9 nitrogen and oxygen atoms in total. The number of hydrogen-bond acceptors (Lipinski definition) is 7. The van der Waals surface area contributed by atoms with Gasteiger partial charge in [-0.3, -0.25) is 4.79 Å². The number of ether oxygens (including phenoxy) is 2. The molecule has 204 valence electrons. The van der Waals surface area contributed by atoms with Gasteiger partial charge < -0.3 is 20.1 Å². The number of azo groups is 1. The van der Waals surface area contributed by atoms with Gasteiger partial charge in [-0.2, -0.15) is 10.2 Å². The number of amides is 2. The monoisotopic (exact) mass is 530 g/mol. The Bertz CT molecular complexity index is 1260. The Kier molecular flexibility index (Phi) is 10.3. The van der Waals surface area contributed by atoms with Gasteiger partial charge >= 0.3 is 12.1 Å². The predicted octanol–water partition coefficient (Wildman–Crippen LogP) is 5.44. The van der Waals surface area contributed by atoms with Crippen LogP contribution in [0.15, 0.2) is 95.2 Å². The summed E-state index contributed by atoms with van der Waals surface area (Å²) < 4.78 is 10.3. The Morgan fingerprint density at radius 3 is 1.79 bits per heavy atom. The number of benzene rings is 3. The normalized spacial score (nSPS) is 12.8. The molecule has 2 N–H and O–H groups in total. The molecule has 2 amide bonds. The number of alkyl carbamates (subject to hydrolysis) is 1. The van der Waals surface area contributed by atoms with Gasteiger partial charge in [0.1, 0.15) is 17.7 Å². The number of rotatable bonds is 10. The van der Waals surface area contributed by atoms with Gasteiger partial charge in [0, 0.05) is 12.8 Å². The number of hydrogen-bond donors (Lipinski definition) is 2. The van der Waals surface area contributed by atoms with E-state index in [0.717, 1.165) is 16.8 Å². The van der Waals surface area contributed by atoms with Gasteiger partial charge in [0.25, 0.3) is 0 Å². The van der Waals surface area contributed by atoms with Crippen molar-refractivity contribution in [3.63, 3.8) is 0 Å². The van der Waals surface area contributed by atoms with E-state index in [1.54, 1.807) is 32.9 Å². The van der Waals surface area contributed by atoms with Crippen molar-refractivity contribution in [1.29, 1.82) is 0 Å².